The summed E-state index contributed by atoms with van der Waals surface area (Å²) < 4.78 is 13.8. The van der Waals surface area contributed by atoms with Crippen LogP contribution in [0.2, 0.25) is 0 Å². The van der Waals surface area contributed by atoms with Gasteiger partial charge in [0.25, 0.3) is 0 Å². The van der Waals surface area contributed by atoms with Gasteiger partial charge in [0.2, 0.25) is 0 Å². The molecule has 2 aromatic carbocycles. The second-order valence-electron chi connectivity index (χ2n) is 7.64. The van der Waals surface area contributed by atoms with Crippen molar-refractivity contribution in [2.24, 2.45) is 0 Å². The van der Waals surface area contributed by atoms with E-state index in [1.165, 1.54) is 6.07 Å². The number of hydrogen-bond acceptors (Lipinski definition) is 4. The number of rotatable bonds is 6. The monoisotopic (exact) mass is 387 g/mol. The van der Waals surface area contributed by atoms with E-state index >= 15 is 0 Å². The van der Waals surface area contributed by atoms with Gasteiger partial charge in [0.15, 0.2) is 5.82 Å². The normalized spacial score (nSPS) is 13.6. The zero-order chi connectivity index (χ0) is 19.8. The molecule has 1 fully saturated rings. The van der Waals surface area contributed by atoms with Gasteiger partial charge in [-0.1, -0.05) is 24.3 Å². The van der Waals surface area contributed by atoms with Crippen LogP contribution in [0.4, 0.5) is 21.6 Å². The van der Waals surface area contributed by atoms with Gasteiger partial charge in [0.05, 0.1) is 11.2 Å². The molecular formula is C23H22FN5. The minimum atomic E-state index is -0.223. The van der Waals surface area contributed by atoms with Crippen LogP contribution in [0.5, 0.6) is 0 Å². The van der Waals surface area contributed by atoms with Crippen molar-refractivity contribution in [2.45, 2.75) is 32.2 Å². The van der Waals surface area contributed by atoms with Crippen LogP contribution in [0.25, 0.3) is 10.9 Å². The van der Waals surface area contributed by atoms with Crippen molar-refractivity contribution in [1.82, 2.24) is 15.2 Å². The number of anilines is 3. The van der Waals surface area contributed by atoms with Crippen molar-refractivity contribution >= 4 is 28.1 Å². The first-order valence-electron chi connectivity index (χ1n) is 9.87. The molecule has 5 rings (SSSR count). The molecule has 1 aliphatic rings. The Hall–Kier alpha value is -3.41. The highest BCUT2D eigenvalue weighted by atomic mass is 19.1. The molecule has 5 nitrogen and oxygen atoms in total. The highest BCUT2D eigenvalue weighted by Gasteiger charge is 2.22. The topological polar surface area (TPSA) is 65.6 Å². The molecule has 0 spiro atoms. The predicted molar refractivity (Wildman–Crippen MR) is 114 cm³/mol. The number of benzene rings is 2. The molecule has 1 saturated carbocycles. The molecule has 0 amide bonds. The highest BCUT2D eigenvalue weighted by molar-refractivity contribution is 5.93. The number of fused-ring (bicyclic) bond motifs is 1. The third kappa shape index (κ3) is 3.92. The molecule has 0 unspecified atom stereocenters. The lowest BCUT2D eigenvalue weighted by atomic mass is 10.0. The molecule has 29 heavy (non-hydrogen) atoms. The number of para-hydroxylation sites is 1. The molecule has 2 aromatic heterocycles. The summed E-state index contributed by atoms with van der Waals surface area (Å²) in [6.45, 7) is 1.97. The average Bonchev–Trinajstić information content (AvgIpc) is 3.43. The van der Waals surface area contributed by atoms with E-state index in [-0.39, 0.29) is 5.82 Å². The molecule has 0 bridgehead atoms. The largest absolute Gasteiger partial charge is 0.382 e. The molecule has 2 heterocycles. The quantitative estimate of drug-likeness (QED) is 0.419. The number of H-pyrrole nitrogens is 1. The first kappa shape index (κ1) is 17.7. The van der Waals surface area contributed by atoms with Gasteiger partial charge >= 0.3 is 0 Å². The first-order valence-corrected chi connectivity index (χ1v) is 9.87. The fraction of sp³-hybridized carbons (Fsp3) is 0.217. The Morgan fingerprint density at radius 3 is 2.72 bits per heavy atom. The maximum Gasteiger partial charge on any atom is 0.152 e. The van der Waals surface area contributed by atoms with Crippen molar-refractivity contribution in [2.75, 3.05) is 10.6 Å². The van der Waals surface area contributed by atoms with Crippen LogP contribution in [-0.4, -0.2) is 21.2 Å². The number of hydrogen-bond donors (Lipinski definition) is 3. The Kier molecular flexibility index (Phi) is 4.39. The van der Waals surface area contributed by atoms with Gasteiger partial charge in [-0.15, -0.1) is 0 Å². The fourth-order valence-electron chi connectivity index (χ4n) is 3.52. The lowest BCUT2D eigenvalue weighted by molar-refractivity contribution is 0.627. The maximum atomic E-state index is 13.8. The molecule has 0 atom stereocenters. The zero-order valence-electron chi connectivity index (χ0n) is 16.2. The number of halogens is 1. The van der Waals surface area contributed by atoms with Crippen molar-refractivity contribution < 1.29 is 4.39 Å². The number of aromatic nitrogens is 3. The van der Waals surface area contributed by atoms with Crippen LogP contribution in [0.1, 0.15) is 29.8 Å². The minimum Gasteiger partial charge on any atom is -0.382 e. The zero-order valence-corrected chi connectivity index (χ0v) is 16.2. The number of aryl methyl sites for hydroxylation is 1. The van der Waals surface area contributed by atoms with E-state index in [4.69, 9.17) is 4.98 Å². The molecule has 0 aliphatic heterocycles. The van der Waals surface area contributed by atoms with E-state index in [1.807, 2.05) is 43.3 Å². The minimum absolute atomic E-state index is 0.223. The third-order valence-corrected chi connectivity index (χ3v) is 5.12. The SMILES string of the molecule is Cc1cc(Nc2cc(Cc3ccc(F)cc3NC3CC3)nc3ccccc23)n[nH]1. The van der Waals surface area contributed by atoms with E-state index < -0.39 is 0 Å². The number of nitrogens with one attached hydrogen (secondary N) is 3. The summed E-state index contributed by atoms with van der Waals surface area (Å²) in [6, 6.07) is 17.5. The van der Waals surface area contributed by atoms with Crippen LogP contribution >= 0.6 is 0 Å². The van der Waals surface area contributed by atoms with Crippen molar-refractivity contribution in [3.05, 3.63) is 77.4 Å². The Labute approximate surface area is 168 Å². The van der Waals surface area contributed by atoms with E-state index in [1.54, 1.807) is 6.07 Å². The van der Waals surface area contributed by atoms with Crippen LogP contribution in [0.15, 0.2) is 54.6 Å². The summed E-state index contributed by atoms with van der Waals surface area (Å²) in [5.74, 6) is 0.544. The Morgan fingerprint density at radius 1 is 1.07 bits per heavy atom. The second kappa shape index (κ2) is 7.20. The molecule has 0 radical (unpaired) electrons. The van der Waals surface area contributed by atoms with E-state index in [9.17, 15) is 4.39 Å². The van der Waals surface area contributed by atoms with Gasteiger partial charge in [-0.3, -0.25) is 10.1 Å². The van der Waals surface area contributed by atoms with Gasteiger partial charge in [-0.25, -0.2) is 4.39 Å². The third-order valence-electron chi connectivity index (χ3n) is 5.12. The lowest BCUT2D eigenvalue weighted by Gasteiger charge is -2.14. The summed E-state index contributed by atoms with van der Waals surface area (Å²) in [4.78, 5) is 4.85. The summed E-state index contributed by atoms with van der Waals surface area (Å²) in [5, 5.41) is 15.1. The molecule has 0 saturated heterocycles. The van der Waals surface area contributed by atoms with Crippen molar-refractivity contribution in [1.29, 1.82) is 0 Å². The Balaban J connectivity index is 1.52. The summed E-state index contributed by atoms with van der Waals surface area (Å²) in [6.07, 6.45) is 2.90. The van der Waals surface area contributed by atoms with Crippen LogP contribution in [0.3, 0.4) is 0 Å². The van der Waals surface area contributed by atoms with E-state index in [2.05, 4.69) is 26.9 Å². The van der Waals surface area contributed by atoms with Crippen LogP contribution in [0, 0.1) is 12.7 Å². The molecule has 4 aromatic rings. The Morgan fingerprint density at radius 2 is 1.93 bits per heavy atom. The van der Waals surface area contributed by atoms with Gasteiger partial charge in [-0.05, 0) is 49.6 Å². The van der Waals surface area contributed by atoms with Crippen molar-refractivity contribution in [3.63, 3.8) is 0 Å². The van der Waals surface area contributed by atoms with E-state index in [0.29, 0.717) is 12.5 Å². The summed E-state index contributed by atoms with van der Waals surface area (Å²) in [5.41, 5.74) is 5.69. The van der Waals surface area contributed by atoms with Gasteiger partial charge in [0.1, 0.15) is 5.82 Å². The van der Waals surface area contributed by atoms with Crippen LogP contribution in [-0.2, 0) is 6.42 Å². The lowest BCUT2D eigenvalue weighted by Crippen LogP contribution is -2.06. The number of nitrogens with zero attached hydrogens (tertiary/aromatic N) is 2. The number of pyridine rings is 1. The summed E-state index contributed by atoms with van der Waals surface area (Å²) in [7, 11) is 0. The standard InChI is InChI=1S/C23H22FN5/c1-14-10-23(29-28-14)27-22-13-18(26-20-5-3-2-4-19(20)22)11-15-6-7-16(24)12-21(15)25-17-8-9-17/h2-7,10,12-13,17,25H,8-9,11H2,1H3,(H2,26,27,28,29). The van der Waals surface area contributed by atoms with E-state index in [0.717, 1.165) is 57.9 Å². The van der Waals surface area contributed by atoms with Gasteiger partial charge in [0, 0.05) is 41.0 Å². The second-order valence-corrected chi connectivity index (χ2v) is 7.64. The smallest absolute Gasteiger partial charge is 0.152 e. The molecule has 1 aliphatic carbocycles. The maximum absolute atomic E-state index is 13.8. The van der Waals surface area contributed by atoms with Crippen molar-refractivity contribution in [3.8, 4) is 0 Å². The first-order chi connectivity index (χ1) is 14.1. The summed E-state index contributed by atoms with van der Waals surface area (Å²) >= 11 is 0. The molecular weight excluding hydrogens is 365 g/mol. The fourth-order valence-corrected chi connectivity index (χ4v) is 3.52. The highest BCUT2D eigenvalue weighted by Crippen LogP contribution is 2.31. The van der Waals surface area contributed by atoms with Gasteiger partial charge < -0.3 is 10.6 Å². The Bertz CT molecular complexity index is 1180. The molecule has 146 valence electrons. The van der Waals surface area contributed by atoms with Gasteiger partial charge in [-0.2, -0.15) is 5.10 Å². The number of aromatic amines is 1. The molecule has 6 heteroatoms. The average molecular weight is 387 g/mol. The molecule has 3 N–H and O–H groups in total. The van der Waals surface area contributed by atoms with Crippen LogP contribution < -0.4 is 10.6 Å². The predicted octanol–water partition coefficient (Wildman–Crippen LogP) is 5.31.